The van der Waals surface area contributed by atoms with Gasteiger partial charge in [0.05, 0.1) is 13.2 Å². The molecule has 0 radical (unpaired) electrons. The number of rotatable bonds is 7. The normalized spacial score (nSPS) is 11.7. The predicted octanol–water partition coefficient (Wildman–Crippen LogP) is 5.32. The van der Waals surface area contributed by atoms with Crippen LogP contribution in [0.5, 0.6) is 5.88 Å². The van der Waals surface area contributed by atoms with Crippen molar-refractivity contribution in [3.05, 3.63) is 81.5 Å². The van der Waals surface area contributed by atoms with Crippen molar-refractivity contribution >= 4 is 11.6 Å². The minimum absolute atomic E-state index is 0.0125. The van der Waals surface area contributed by atoms with Gasteiger partial charge >= 0.3 is 0 Å². The Morgan fingerprint density at radius 2 is 1.67 bits per heavy atom. The number of ether oxygens (including phenoxy) is 2. The van der Waals surface area contributed by atoms with E-state index in [0.717, 1.165) is 33.4 Å². The summed E-state index contributed by atoms with van der Waals surface area (Å²) in [6.45, 7) is 6.17. The van der Waals surface area contributed by atoms with Crippen LogP contribution in [0.3, 0.4) is 0 Å². The third kappa shape index (κ3) is 4.80. The van der Waals surface area contributed by atoms with Gasteiger partial charge in [0.25, 0.3) is 0 Å². The van der Waals surface area contributed by atoms with Crippen LogP contribution < -0.4 is 4.74 Å². The first-order valence-corrected chi connectivity index (χ1v) is 9.95. The van der Waals surface area contributed by atoms with Gasteiger partial charge in [-0.25, -0.2) is 4.98 Å². The van der Waals surface area contributed by atoms with Crippen molar-refractivity contribution in [2.75, 3.05) is 0 Å². The number of pyridine rings is 1. The van der Waals surface area contributed by atoms with Crippen LogP contribution in [-0.4, -0.2) is 16.4 Å². The molecule has 30 heavy (non-hydrogen) atoms. The van der Waals surface area contributed by atoms with E-state index < -0.39 is 6.29 Å². The van der Waals surface area contributed by atoms with Crippen LogP contribution in [0.15, 0.2) is 48.5 Å². The monoisotopic (exact) mass is 422 g/mol. The molecule has 0 aliphatic heterocycles. The lowest BCUT2D eigenvalue weighted by Crippen LogP contribution is -2.18. The standard InChI is InChI=1S/C24H23ClN2O3/c1-15-19(13-28)6-4-8-21(15)22-9-5-7-20(16(22)2)14-29-17(3)30-24-18(12-26)10-11-23(25)27-24/h4-11,17,28H,13-14H2,1-3H3/t17-/m0/s1. The van der Waals surface area contributed by atoms with Crippen molar-refractivity contribution < 1.29 is 14.6 Å². The predicted molar refractivity (Wildman–Crippen MR) is 116 cm³/mol. The molecule has 0 aliphatic carbocycles. The summed E-state index contributed by atoms with van der Waals surface area (Å²) in [4.78, 5) is 4.06. The number of aromatic nitrogens is 1. The molecule has 3 rings (SSSR count). The molecule has 0 unspecified atom stereocenters. The summed E-state index contributed by atoms with van der Waals surface area (Å²) in [5, 5.41) is 19.0. The Balaban J connectivity index is 1.77. The molecule has 6 heteroatoms. The highest BCUT2D eigenvalue weighted by Crippen LogP contribution is 2.30. The molecule has 0 saturated heterocycles. The lowest BCUT2D eigenvalue weighted by Gasteiger charge is -2.18. The van der Waals surface area contributed by atoms with E-state index in [9.17, 15) is 10.4 Å². The second kappa shape index (κ2) is 9.73. The average molecular weight is 423 g/mol. The number of aliphatic hydroxyl groups is 1. The van der Waals surface area contributed by atoms with Gasteiger partial charge in [-0.1, -0.05) is 48.0 Å². The Kier molecular flexibility index (Phi) is 7.07. The van der Waals surface area contributed by atoms with E-state index in [2.05, 4.69) is 24.0 Å². The Hall–Kier alpha value is -2.91. The van der Waals surface area contributed by atoms with Gasteiger partial charge in [-0.15, -0.1) is 0 Å². The van der Waals surface area contributed by atoms with Gasteiger partial charge < -0.3 is 14.6 Å². The molecule has 0 spiro atoms. The summed E-state index contributed by atoms with van der Waals surface area (Å²) in [5.41, 5.74) is 6.59. The molecule has 3 aromatic rings. The fraction of sp³-hybridized carbons (Fsp3) is 0.250. The topological polar surface area (TPSA) is 75.4 Å². The zero-order valence-electron chi connectivity index (χ0n) is 17.1. The van der Waals surface area contributed by atoms with Crippen LogP contribution >= 0.6 is 11.6 Å². The number of nitrogens with zero attached hydrogens (tertiary/aromatic N) is 2. The Morgan fingerprint density at radius 1 is 1.03 bits per heavy atom. The van der Waals surface area contributed by atoms with Crippen molar-refractivity contribution in [2.24, 2.45) is 0 Å². The van der Waals surface area contributed by atoms with Crippen LogP contribution in [0.4, 0.5) is 0 Å². The highest BCUT2D eigenvalue weighted by atomic mass is 35.5. The molecular weight excluding hydrogens is 400 g/mol. The molecule has 0 amide bonds. The van der Waals surface area contributed by atoms with Crippen molar-refractivity contribution in [2.45, 2.75) is 40.3 Å². The summed E-state index contributed by atoms with van der Waals surface area (Å²) in [6.07, 6.45) is -0.620. The molecule has 1 heterocycles. The molecule has 1 N–H and O–H groups in total. The first kappa shape index (κ1) is 21.8. The molecule has 1 atom stereocenters. The summed E-state index contributed by atoms with van der Waals surface area (Å²) < 4.78 is 11.5. The fourth-order valence-electron chi connectivity index (χ4n) is 3.27. The number of hydrogen-bond acceptors (Lipinski definition) is 5. The first-order chi connectivity index (χ1) is 14.4. The zero-order valence-corrected chi connectivity index (χ0v) is 17.9. The SMILES string of the molecule is Cc1c(CO)cccc1-c1cccc(CO[C@H](C)Oc2nc(Cl)ccc2C#N)c1C. The van der Waals surface area contributed by atoms with Gasteiger partial charge in [0.1, 0.15) is 16.8 Å². The first-order valence-electron chi connectivity index (χ1n) is 9.57. The summed E-state index contributed by atoms with van der Waals surface area (Å²) >= 11 is 5.90. The lowest BCUT2D eigenvalue weighted by atomic mass is 9.92. The molecule has 2 aromatic carbocycles. The number of nitriles is 1. The van der Waals surface area contributed by atoms with E-state index in [4.69, 9.17) is 21.1 Å². The minimum Gasteiger partial charge on any atom is -0.447 e. The zero-order chi connectivity index (χ0) is 21.7. The summed E-state index contributed by atoms with van der Waals surface area (Å²) in [5.74, 6) is 0.152. The van der Waals surface area contributed by atoms with E-state index in [-0.39, 0.29) is 17.6 Å². The third-order valence-electron chi connectivity index (χ3n) is 5.05. The molecule has 0 aliphatic rings. The Labute approximate surface area is 181 Å². The van der Waals surface area contributed by atoms with E-state index >= 15 is 0 Å². The van der Waals surface area contributed by atoms with E-state index in [1.807, 2.05) is 37.3 Å². The van der Waals surface area contributed by atoms with Crippen LogP contribution in [0, 0.1) is 25.2 Å². The van der Waals surface area contributed by atoms with Gasteiger partial charge in [-0.2, -0.15) is 5.26 Å². The van der Waals surface area contributed by atoms with Gasteiger partial charge in [0, 0.05) is 0 Å². The maximum absolute atomic E-state index is 9.57. The van der Waals surface area contributed by atoms with Crippen molar-refractivity contribution in [3.63, 3.8) is 0 Å². The van der Waals surface area contributed by atoms with Crippen molar-refractivity contribution in [1.29, 1.82) is 5.26 Å². The maximum atomic E-state index is 9.57. The van der Waals surface area contributed by atoms with Gasteiger partial charge in [-0.05, 0) is 66.3 Å². The quantitative estimate of drug-likeness (QED) is 0.411. The summed E-state index contributed by atoms with van der Waals surface area (Å²) in [6, 6.07) is 17.1. The van der Waals surface area contributed by atoms with Gasteiger partial charge in [0.15, 0.2) is 6.29 Å². The highest BCUT2D eigenvalue weighted by Gasteiger charge is 2.14. The van der Waals surface area contributed by atoms with Gasteiger partial charge in [-0.3, -0.25) is 0 Å². The lowest BCUT2D eigenvalue weighted by molar-refractivity contribution is -0.0783. The fourth-order valence-corrected chi connectivity index (χ4v) is 3.41. The van der Waals surface area contributed by atoms with E-state index in [1.165, 1.54) is 0 Å². The average Bonchev–Trinajstić information content (AvgIpc) is 2.74. The molecule has 5 nitrogen and oxygen atoms in total. The molecular formula is C24H23ClN2O3. The largest absolute Gasteiger partial charge is 0.447 e. The Bertz CT molecular complexity index is 1090. The maximum Gasteiger partial charge on any atom is 0.235 e. The second-order valence-electron chi connectivity index (χ2n) is 6.93. The molecule has 0 saturated carbocycles. The number of benzene rings is 2. The van der Waals surface area contributed by atoms with Crippen molar-refractivity contribution in [1.82, 2.24) is 4.98 Å². The highest BCUT2D eigenvalue weighted by molar-refractivity contribution is 6.29. The van der Waals surface area contributed by atoms with E-state index in [1.54, 1.807) is 19.1 Å². The molecule has 1 aromatic heterocycles. The molecule has 0 bridgehead atoms. The van der Waals surface area contributed by atoms with Crippen LogP contribution in [0.1, 0.15) is 34.7 Å². The van der Waals surface area contributed by atoms with Crippen molar-refractivity contribution in [3.8, 4) is 23.1 Å². The minimum atomic E-state index is -0.620. The number of halogens is 1. The molecule has 154 valence electrons. The molecule has 0 fully saturated rings. The van der Waals surface area contributed by atoms with Crippen LogP contribution in [0.25, 0.3) is 11.1 Å². The second-order valence-corrected chi connectivity index (χ2v) is 7.32. The van der Waals surface area contributed by atoms with Crippen LogP contribution in [-0.2, 0) is 18.0 Å². The smallest absolute Gasteiger partial charge is 0.235 e. The number of hydrogen-bond donors (Lipinski definition) is 1. The van der Waals surface area contributed by atoms with Gasteiger partial charge in [0.2, 0.25) is 5.88 Å². The summed E-state index contributed by atoms with van der Waals surface area (Å²) in [7, 11) is 0. The Morgan fingerprint density at radius 3 is 2.30 bits per heavy atom. The van der Waals surface area contributed by atoms with Crippen LogP contribution in [0.2, 0.25) is 5.15 Å². The van der Waals surface area contributed by atoms with E-state index in [0.29, 0.717) is 12.2 Å². The number of aliphatic hydroxyl groups excluding tert-OH is 1. The third-order valence-corrected chi connectivity index (χ3v) is 5.26.